The van der Waals surface area contributed by atoms with Gasteiger partial charge in [-0.2, -0.15) is 0 Å². The lowest BCUT2D eigenvalue weighted by molar-refractivity contribution is -0.140. The van der Waals surface area contributed by atoms with Crippen LogP contribution in [0.25, 0.3) is 0 Å². The van der Waals surface area contributed by atoms with Crippen molar-refractivity contribution in [1.82, 2.24) is 4.90 Å². The predicted octanol–water partition coefficient (Wildman–Crippen LogP) is 3.00. The van der Waals surface area contributed by atoms with Crippen molar-refractivity contribution in [3.05, 3.63) is 29.8 Å². The number of para-hydroxylation sites is 1. The van der Waals surface area contributed by atoms with Crippen LogP contribution in [0.3, 0.4) is 0 Å². The third-order valence-electron chi connectivity index (χ3n) is 3.88. The number of rotatable bonds is 8. The number of unbranched alkanes of at least 4 members (excludes halogenated alkanes) is 2. The lowest BCUT2D eigenvalue weighted by Gasteiger charge is -2.25. The average Bonchev–Trinajstić information content (AvgIpc) is 2.95. The molecule has 1 saturated heterocycles. The van der Waals surface area contributed by atoms with Crippen LogP contribution in [0.4, 0.5) is 0 Å². The second-order valence-electron chi connectivity index (χ2n) is 5.38. The molecule has 0 aliphatic carbocycles. The monoisotopic (exact) mass is 337 g/mol. The Morgan fingerprint density at radius 2 is 2.04 bits per heavy atom. The maximum Gasteiger partial charge on any atom is 0.305 e. The highest BCUT2D eigenvalue weighted by Gasteiger charge is 2.33. The molecule has 1 fully saturated rings. The Balaban J connectivity index is 1.91. The van der Waals surface area contributed by atoms with Gasteiger partial charge in [0.2, 0.25) is 5.91 Å². The summed E-state index contributed by atoms with van der Waals surface area (Å²) in [6, 6.07) is 7.84. The zero-order valence-corrected chi connectivity index (χ0v) is 14.4. The number of hydrogen-bond donors (Lipinski definition) is 0. The van der Waals surface area contributed by atoms with Gasteiger partial charge in [0, 0.05) is 18.5 Å². The van der Waals surface area contributed by atoms with Gasteiger partial charge in [-0.15, -0.1) is 11.8 Å². The average molecular weight is 337 g/mol. The third-order valence-corrected chi connectivity index (χ3v) is 5.12. The minimum atomic E-state index is -0.176. The minimum absolute atomic E-state index is 0.0132. The fourth-order valence-electron chi connectivity index (χ4n) is 2.65. The molecular weight excluding hydrogens is 314 g/mol. The number of esters is 1. The normalized spacial score (nSPS) is 17.4. The van der Waals surface area contributed by atoms with E-state index < -0.39 is 0 Å². The summed E-state index contributed by atoms with van der Waals surface area (Å²) in [6.07, 6.45) is 3.02. The van der Waals surface area contributed by atoms with Crippen molar-refractivity contribution in [1.29, 1.82) is 0 Å². The van der Waals surface area contributed by atoms with Crippen LogP contribution in [0.1, 0.15) is 36.6 Å². The molecule has 1 unspecified atom stereocenters. The predicted molar refractivity (Wildman–Crippen MR) is 90.4 cm³/mol. The summed E-state index contributed by atoms with van der Waals surface area (Å²) in [6.45, 7) is 0.704. The Bertz CT molecular complexity index is 549. The maximum absolute atomic E-state index is 12.2. The fourth-order valence-corrected chi connectivity index (χ4v) is 3.90. The Labute approximate surface area is 141 Å². The van der Waals surface area contributed by atoms with E-state index in [-0.39, 0.29) is 17.3 Å². The lowest BCUT2D eigenvalue weighted by atomic mass is 10.1. The highest BCUT2D eigenvalue weighted by Crippen LogP contribution is 2.42. The molecule has 5 nitrogen and oxygen atoms in total. The van der Waals surface area contributed by atoms with Gasteiger partial charge in [-0.25, -0.2) is 0 Å². The second-order valence-corrected chi connectivity index (χ2v) is 6.45. The van der Waals surface area contributed by atoms with Crippen molar-refractivity contribution < 1.29 is 19.1 Å². The van der Waals surface area contributed by atoms with Crippen LogP contribution in [0.2, 0.25) is 0 Å². The summed E-state index contributed by atoms with van der Waals surface area (Å²) in [7, 11) is 3.05. The number of thioether (sulfide) groups is 1. The van der Waals surface area contributed by atoms with Crippen molar-refractivity contribution in [2.45, 2.75) is 31.1 Å². The van der Waals surface area contributed by atoms with Crippen LogP contribution in [-0.4, -0.2) is 43.3 Å². The van der Waals surface area contributed by atoms with Crippen LogP contribution >= 0.6 is 11.8 Å². The van der Waals surface area contributed by atoms with Gasteiger partial charge < -0.3 is 14.4 Å². The molecule has 1 heterocycles. The molecule has 0 spiro atoms. The van der Waals surface area contributed by atoms with Gasteiger partial charge in [-0.05, 0) is 18.9 Å². The summed E-state index contributed by atoms with van der Waals surface area (Å²) < 4.78 is 10.0. The van der Waals surface area contributed by atoms with E-state index in [0.717, 1.165) is 30.6 Å². The lowest BCUT2D eigenvalue weighted by Crippen LogP contribution is -2.29. The first-order valence-electron chi connectivity index (χ1n) is 7.78. The van der Waals surface area contributed by atoms with E-state index in [4.69, 9.17) is 4.74 Å². The van der Waals surface area contributed by atoms with Gasteiger partial charge in [-0.3, -0.25) is 9.59 Å². The number of ether oxygens (including phenoxy) is 2. The van der Waals surface area contributed by atoms with Crippen molar-refractivity contribution >= 4 is 23.6 Å². The van der Waals surface area contributed by atoms with E-state index >= 15 is 0 Å². The van der Waals surface area contributed by atoms with E-state index in [1.165, 1.54) is 7.11 Å². The topological polar surface area (TPSA) is 55.8 Å². The molecule has 0 bridgehead atoms. The molecule has 6 heteroatoms. The number of hydrogen-bond acceptors (Lipinski definition) is 5. The van der Waals surface area contributed by atoms with Crippen molar-refractivity contribution in [3.63, 3.8) is 0 Å². The zero-order valence-electron chi connectivity index (χ0n) is 13.6. The molecule has 0 radical (unpaired) electrons. The van der Waals surface area contributed by atoms with Gasteiger partial charge in [-0.1, -0.05) is 24.6 Å². The molecule has 1 aliphatic rings. The second kappa shape index (κ2) is 8.82. The van der Waals surface area contributed by atoms with E-state index in [1.807, 2.05) is 29.2 Å². The number of carbonyl (C=O) groups is 2. The highest BCUT2D eigenvalue weighted by atomic mass is 32.2. The summed E-state index contributed by atoms with van der Waals surface area (Å²) >= 11 is 1.64. The molecule has 1 amide bonds. The number of carbonyl (C=O) groups excluding carboxylic acids is 2. The molecule has 1 atom stereocenters. The molecule has 1 aromatic rings. The smallest absolute Gasteiger partial charge is 0.305 e. The SMILES string of the molecule is COC(=O)CCCCCN1C(=O)CSC1c1ccccc1OC. The van der Waals surface area contributed by atoms with Crippen LogP contribution < -0.4 is 4.74 Å². The van der Waals surface area contributed by atoms with Crippen LogP contribution in [0, 0.1) is 0 Å². The van der Waals surface area contributed by atoms with Gasteiger partial charge in [0.25, 0.3) is 0 Å². The van der Waals surface area contributed by atoms with Crippen molar-refractivity contribution in [2.75, 3.05) is 26.5 Å². The van der Waals surface area contributed by atoms with E-state index in [9.17, 15) is 9.59 Å². The summed E-state index contributed by atoms with van der Waals surface area (Å²) in [5.41, 5.74) is 1.04. The molecule has 1 aromatic carbocycles. The molecule has 126 valence electrons. The largest absolute Gasteiger partial charge is 0.496 e. The molecule has 23 heavy (non-hydrogen) atoms. The molecule has 0 saturated carbocycles. The molecule has 0 N–H and O–H groups in total. The van der Waals surface area contributed by atoms with E-state index in [0.29, 0.717) is 18.7 Å². The van der Waals surface area contributed by atoms with Crippen LogP contribution in [0.15, 0.2) is 24.3 Å². The standard InChI is InChI=1S/C17H23NO4S/c1-21-14-9-6-5-8-13(14)17-18(15(19)12-23-17)11-7-3-4-10-16(20)22-2/h5-6,8-9,17H,3-4,7,10-12H2,1-2H3. The zero-order chi connectivity index (χ0) is 16.7. The number of methoxy groups -OCH3 is 2. The summed E-state index contributed by atoms with van der Waals surface area (Å²) in [5.74, 6) is 1.31. The Morgan fingerprint density at radius 1 is 1.26 bits per heavy atom. The van der Waals surface area contributed by atoms with E-state index in [2.05, 4.69) is 4.74 Å². The Kier molecular flexibility index (Phi) is 6.77. The summed E-state index contributed by atoms with van der Waals surface area (Å²) in [5, 5.41) is 0.0132. The number of benzene rings is 1. The molecular formula is C17H23NO4S. The third kappa shape index (κ3) is 4.64. The van der Waals surface area contributed by atoms with E-state index in [1.54, 1.807) is 18.9 Å². The first-order chi connectivity index (χ1) is 11.2. The minimum Gasteiger partial charge on any atom is -0.496 e. The molecule has 0 aromatic heterocycles. The molecule has 2 rings (SSSR count). The quantitative estimate of drug-likeness (QED) is 0.539. The first-order valence-corrected chi connectivity index (χ1v) is 8.83. The number of amides is 1. The number of nitrogens with zero attached hydrogens (tertiary/aromatic N) is 1. The van der Waals surface area contributed by atoms with Crippen molar-refractivity contribution in [3.8, 4) is 5.75 Å². The van der Waals surface area contributed by atoms with Gasteiger partial charge >= 0.3 is 5.97 Å². The summed E-state index contributed by atoms with van der Waals surface area (Å²) in [4.78, 5) is 25.2. The maximum atomic E-state index is 12.2. The Hall–Kier alpha value is -1.69. The first kappa shape index (κ1) is 17.7. The van der Waals surface area contributed by atoms with Gasteiger partial charge in [0.15, 0.2) is 0 Å². The van der Waals surface area contributed by atoms with Crippen molar-refractivity contribution in [2.24, 2.45) is 0 Å². The van der Waals surface area contributed by atoms with Gasteiger partial charge in [0.1, 0.15) is 11.1 Å². The van der Waals surface area contributed by atoms with Crippen LogP contribution in [0.5, 0.6) is 5.75 Å². The Morgan fingerprint density at radius 3 is 2.78 bits per heavy atom. The van der Waals surface area contributed by atoms with Gasteiger partial charge in [0.05, 0.1) is 20.0 Å². The van der Waals surface area contributed by atoms with Crippen LogP contribution in [-0.2, 0) is 14.3 Å². The molecule has 1 aliphatic heterocycles. The highest BCUT2D eigenvalue weighted by molar-refractivity contribution is 8.00. The fraction of sp³-hybridized carbons (Fsp3) is 0.529.